The predicted octanol–water partition coefficient (Wildman–Crippen LogP) is 2.36. The molecule has 1 saturated heterocycles. The van der Waals surface area contributed by atoms with Crippen molar-refractivity contribution in [2.24, 2.45) is 0 Å². The van der Waals surface area contributed by atoms with Crippen molar-refractivity contribution >= 4 is 0 Å². The first kappa shape index (κ1) is 8.82. The largest absolute Gasteiger partial charge is 0.466 e. The molecule has 1 aromatic heterocycles. The van der Waals surface area contributed by atoms with Gasteiger partial charge in [-0.2, -0.15) is 0 Å². The van der Waals surface area contributed by atoms with Crippen molar-refractivity contribution in [1.29, 1.82) is 0 Å². The number of nitrogens with one attached hydrogen (secondary N) is 1. The van der Waals surface area contributed by atoms with Gasteiger partial charge in [-0.25, -0.2) is 0 Å². The van der Waals surface area contributed by atoms with E-state index in [0.717, 1.165) is 18.8 Å². The highest BCUT2D eigenvalue weighted by Gasteiger charge is 2.18. The molecule has 1 aliphatic rings. The fourth-order valence-corrected chi connectivity index (χ4v) is 1.91. The maximum Gasteiger partial charge on any atom is 0.107 e. The smallest absolute Gasteiger partial charge is 0.107 e. The Hall–Kier alpha value is -0.760. The highest BCUT2D eigenvalue weighted by molar-refractivity contribution is 5.21. The van der Waals surface area contributed by atoms with Gasteiger partial charge in [0.05, 0.1) is 0 Å². The molecule has 2 heterocycles. The van der Waals surface area contributed by atoms with Crippen LogP contribution >= 0.6 is 0 Å². The van der Waals surface area contributed by atoms with Crippen molar-refractivity contribution < 1.29 is 4.42 Å². The second kappa shape index (κ2) is 3.54. The molecule has 2 heteroatoms. The Labute approximate surface area is 79.3 Å². The minimum Gasteiger partial charge on any atom is -0.466 e. The van der Waals surface area contributed by atoms with E-state index in [4.69, 9.17) is 4.42 Å². The van der Waals surface area contributed by atoms with E-state index in [1.807, 2.05) is 6.92 Å². The van der Waals surface area contributed by atoms with Crippen LogP contribution in [0, 0.1) is 13.8 Å². The van der Waals surface area contributed by atoms with E-state index in [9.17, 15) is 0 Å². The average molecular weight is 179 g/mol. The quantitative estimate of drug-likeness (QED) is 0.716. The summed E-state index contributed by atoms with van der Waals surface area (Å²) in [7, 11) is 0. The molecule has 0 aliphatic carbocycles. The Kier molecular flexibility index (Phi) is 2.40. The molecule has 2 nitrogen and oxygen atoms in total. The van der Waals surface area contributed by atoms with Crippen molar-refractivity contribution in [3.8, 4) is 0 Å². The Morgan fingerprint density at radius 1 is 1.31 bits per heavy atom. The van der Waals surface area contributed by atoms with Crippen molar-refractivity contribution in [2.75, 3.05) is 13.1 Å². The van der Waals surface area contributed by atoms with Crippen LogP contribution in [0.15, 0.2) is 10.5 Å². The summed E-state index contributed by atoms with van der Waals surface area (Å²) in [5, 5.41) is 3.36. The minimum absolute atomic E-state index is 0.647. The lowest BCUT2D eigenvalue weighted by molar-refractivity contribution is 0.377. The van der Waals surface area contributed by atoms with E-state index in [-0.39, 0.29) is 0 Å². The highest BCUT2D eigenvalue weighted by Crippen LogP contribution is 2.28. The molecular weight excluding hydrogens is 162 g/mol. The summed E-state index contributed by atoms with van der Waals surface area (Å²) in [4.78, 5) is 0. The summed E-state index contributed by atoms with van der Waals surface area (Å²) in [6.45, 7) is 6.41. The normalized spacial score (nSPS) is 19.2. The molecule has 0 saturated carbocycles. The van der Waals surface area contributed by atoms with Crippen molar-refractivity contribution in [3.63, 3.8) is 0 Å². The first-order valence-corrected chi connectivity index (χ1v) is 5.05. The van der Waals surface area contributed by atoms with Gasteiger partial charge in [0.15, 0.2) is 0 Å². The molecule has 0 bridgehead atoms. The van der Waals surface area contributed by atoms with E-state index in [0.29, 0.717) is 5.92 Å². The monoisotopic (exact) mass is 179 g/mol. The van der Waals surface area contributed by atoms with Gasteiger partial charge in [0.1, 0.15) is 11.5 Å². The Morgan fingerprint density at radius 2 is 2.00 bits per heavy atom. The molecule has 0 atom stereocenters. The van der Waals surface area contributed by atoms with Crippen LogP contribution in [0.5, 0.6) is 0 Å². The molecule has 2 rings (SSSR count). The second-order valence-electron chi connectivity index (χ2n) is 3.91. The number of rotatable bonds is 1. The van der Waals surface area contributed by atoms with E-state index in [1.165, 1.54) is 24.2 Å². The molecule has 0 aromatic carbocycles. The summed E-state index contributed by atoms with van der Waals surface area (Å²) in [5.41, 5.74) is 1.29. The van der Waals surface area contributed by atoms with Crippen LogP contribution in [0.4, 0.5) is 0 Å². The third-order valence-electron chi connectivity index (χ3n) is 2.93. The Bertz CT molecular complexity index is 265. The van der Waals surface area contributed by atoms with Crippen LogP contribution in [0.2, 0.25) is 0 Å². The van der Waals surface area contributed by atoms with Gasteiger partial charge in [0.25, 0.3) is 0 Å². The zero-order valence-corrected chi connectivity index (χ0v) is 8.39. The van der Waals surface area contributed by atoms with Gasteiger partial charge in [-0.1, -0.05) is 0 Å². The third-order valence-corrected chi connectivity index (χ3v) is 2.93. The fraction of sp³-hybridized carbons (Fsp3) is 0.636. The maximum atomic E-state index is 5.73. The van der Waals surface area contributed by atoms with Crippen molar-refractivity contribution in [3.05, 3.63) is 23.2 Å². The number of hydrogen-bond donors (Lipinski definition) is 1. The predicted molar refractivity (Wildman–Crippen MR) is 53.0 cm³/mol. The summed E-state index contributed by atoms with van der Waals surface area (Å²) >= 11 is 0. The molecule has 0 radical (unpaired) electrons. The third kappa shape index (κ3) is 1.78. The molecular formula is C11H17NO. The minimum atomic E-state index is 0.647. The number of furan rings is 1. The van der Waals surface area contributed by atoms with Crippen molar-refractivity contribution in [1.82, 2.24) is 5.32 Å². The van der Waals surface area contributed by atoms with Gasteiger partial charge in [0, 0.05) is 5.92 Å². The van der Waals surface area contributed by atoms with Gasteiger partial charge in [0.2, 0.25) is 0 Å². The molecule has 0 unspecified atom stereocenters. The van der Waals surface area contributed by atoms with E-state index >= 15 is 0 Å². The van der Waals surface area contributed by atoms with Crippen LogP contribution in [-0.2, 0) is 0 Å². The molecule has 0 spiro atoms. The van der Waals surface area contributed by atoms with Crippen LogP contribution in [0.3, 0.4) is 0 Å². The van der Waals surface area contributed by atoms with Gasteiger partial charge in [-0.3, -0.25) is 0 Å². The van der Waals surface area contributed by atoms with Gasteiger partial charge >= 0.3 is 0 Å². The zero-order chi connectivity index (χ0) is 9.26. The van der Waals surface area contributed by atoms with Gasteiger partial charge in [-0.15, -0.1) is 0 Å². The molecule has 1 aromatic rings. The lowest BCUT2D eigenvalue weighted by Crippen LogP contribution is -2.26. The van der Waals surface area contributed by atoms with Crippen LogP contribution < -0.4 is 5.32 Å². The van der Waals surface area contributed by atoms with Crippen LogP contribution in [0.1, 0.15) is 35.8 Å². The standard InChI is InChI=1S/C11H17NO/c1-8-7-11(13-9(8)2)10-3-5-12-6-4-10/h7,10,12H,3-6H2,1-2H3. The second-order valence-corrected chi connectivity index (χ2v) is 3.91. The topological polar surface area (TPSA) is 25.2 Å². The number of aryl methyl sites for hydroxylation is 2. The molecule has 1 fully saturated rings. The molecule has 1 aliphatic heterocycles. The average Bonchev–Trinajstić information content (AvgIpc) is 2.49. The van der Waals surface area contributed by atoms with Crippen LogP contribution in [-0.4, -0.2) is 13.1 Å². The van der Waals surface area contributed by atoms with E-state index in [1.54, 1.807) is 0 Å². The Balaban J connectivity index is 2.14. The molecule has 72 valence electrons. The first-order chi connectivity index (χ1) is 6.27. The number of hydrogen-bond acceptors (Lipinski definition) is 2. The number of piperidine rings is 1. The highest BCUT2D eigenvalue weighted by atomic mass is 16.3. The molecule has 13 heavy (non-hydrogen) atoms. The molecule has 0 amide bonds. The van der Waals surface area contributed by atoms with Gasteiger partial charge < -0.3 is 9.73 Å². The van der Waals surface area contributed by atoms with E-state index in [2.05, 4.69) is 18.3 Å². The zero-order valence-electron chi connectivity index (χ0n) is 8.39. The summed E-state index contributed by atoms with van der Waals surface area (Å²) in [6, 6.07) is 2.20. The summed E-state index contributed by atoms with van der Waals surface area (Å²) in [5.74, 6) is 2.92. The Morgan fingerprint density at radius 3 is 2.54 bits per heavy atom. The fourth-order valence-electron chi connectivity index (χ4n) is 1.91. The summed E-state index contributed by atoms with van der Waals surface area (Å²) in [6.07, 6.45) is 2.43. The van der Waals surface area contributed by atoms with E-state index < -0.39 is 0 Å². The molecule has 1 N–H and O–H groups in total. The lowest BCUT2D eigenvalue weighted by Gasteiger charge is -2.20. The van der Waals surface area contributed by atoms with Crippen LogP contribution in [0.25, 0.3) is 0 Å². The van der Waals surface area contributed by atoms with Crippen molar-refractivity contribution in [2.45, 2.75) is 32.6 Å². The summed E-state index contributed by atoms with van der Waals surface area (Å²) < 4.78 is 5.73. The SMILES string of the molecule is Cc1cc(C2CCNCC2)oc1C. The van der Waals surface area contributed by atoms with Gasteiger partial charge in [-0.05, 0) is 51.4 Å². The lowest BCUT2D eigenvalue weighted by atomic mass is 9.95. The first-order valence-electron chi connectivity index (χ1n) is 5.05. The maximum absolute atomic E-state index is 5.73.